The standard InChI is InChI=1S/C18H23N3O2S/c1-20(2)14-9-15(11-22)21(10-14)18(23)16-12-24-17(19-16)8-13-6-4-3-5-7-13/h3-7,12,14-15,22H,8-11H2,1-2H3/t14-,15+/m1/s1. The first-order valence-electron chi connectivity index (χ1n) is 8.15. The molecular weight excluding hydrogens is 322 g/mol. The number of carbonyl (C=O) groups is 1. The number of hydrogen-bond acceptors (Lipinski definition) is 5. The van der Waals surface area contributed by atoms with Crippen LogP contribution in [0.5, 0.6) is 0 Å². The van der Waals surface area contributed by atoms with Crippen molar-refractivity contribution in [3.8, 4) is 0 Å². The van der Waals surface area contributed by atoms with E-state index in [2.05, 4.69) is 22.0 Å². The Morgan fingerprint density at radius 3 is 2.79 bits per heavy atom. The van der Waals surface area contributed by atoms with E-state index in [0.29, 0.717) is 12.2 Å². The number of thiazole rings is 1. The van der Waals surface area contributed by atoms with Crippen LogP contribution in [0.3, 0.4) is 0 Å². The first kappa shape index (κ1) is 17.1. The molecule has 24 heavy (non-hydrogen) atoms. The van der Waals surface area contributed by atoms with Crippen LogP contribution in [0.4, 0.5) is 0 Å². The largest absolute Gasteiger partial charge is 0.394 e. The third-order valence-corrected chi connectivity index (χ3v) is 5.41. The second-order valence-corrected chi connectivity index (χ2v) is 7.38. The van der Waals surface area contributed by atoms with Gasteiger partial charge < -0.3 is 14.9 Å². The molecule has 3 rings (SSSR count). The lowest BCUT2D eigenvalue weighted by atomic mass is 10.1. The smallest absolute Gasteiger partial charge is 0.273 e. The SMILES string of the molecule is CN(C)[C@@H]1C[C@@H](CO)N(C(=O)c2csc(Cc3ccccc3)n2)C1. The molecule has 2 aromatic rings. The highest BCUT2D eigenvalue weighted by Crippen LogP contribution is 2.24. The van der Waals surface area contributed by atoms with E-state index in [1.807, 2.05) is 37.7 Å². The van der Waals surface area contributed by atoms with Crippen molar-refractivity contribution in [2.75, 3.05) is 27.2 Å². The van der Waals surface area contributed by atoms with Gasteiger partial charge in [-0.25, -0.2) is 4.98 Å². The van der Waals surface area contributed by atoms with Crippen molar-refractivity contribution < 1.29 is 9.90 Å². The predicted molar refractivity (Wildman–Crippen MR) is 95.4 cm³/mol. The number of likely N-dealkylation sites (tertiary alicyclic amines) is 1. The first-order valence-corrected chi connectivity index (χ1v) is 9.03. The molecule has 128 valence electrons. The van der Waals surface area contributed by atoms with Gasteiger partial charge in [0, 0.05) is 24.4 Å². The van der Waals surface area contributed by atoms with Gasteiger partial charge in [0.15, 0.2) is 0 Å². The van der Waals surface area contributed by atoms with Crippen molar-refractivity contribution in [3.05, 3.63) is 52.0 Å². The van der Waals surface area contributed by atoms with E-state index in [1.165, 1.54) is 16.9 Å². The van der Waals surface area contributed by atoms with E-state index in [1.54, 1.807) is 4.90 Å². The van der Waals surface area contributed by atoms with E-state index >= 15 is 0 Å². The zero-order valence-electron chi connectivity index (χ0n) is 14.1. The van der Waals surface area contributed by atoms with Crippen LogP contribution in [-0.4, -0.2) is 65.1 Å². The van der Waals surface area contributed by atoms with E-state index in [4.69, 9.17) is 0 Å². The Morgan fingerprint density at radius 2 is 2.12 bits per heavy atom. The van der Waals surface area contributed by atoms with Gasteiger partial charge in [-0.3, -0.25) is 4.79 Å². The summed E-state index contributed by atoms with van der Waals surface area (Å²) in [6.45, 7) is 0.639. The lowest BCUT2D eigenvalue weighted by molar-refractivity contribution is 0.0668. The molecule has 0 saturated carbocycles. The zero-order valence-corrected chi connectivity index (χ0v) is 14.9. The lowest BCUT2D eigenvalue weighted by Crippen LogP contribution is -2.39. The molecule has 1 amide bonds. The third-order valence-electron chi connectivity index (χ3n) is 4.56. The molecule has 0 radical (unpaired) electrons. The van der Waals surface area contributed by atoms with Gasteiger partial charge in [0.2, 0.25) is 0 Å². The summed E-state index contributed by atoms with van der Waals surface area (Å²) >= 11 is 1.52. The first-order chi connectivity index (χ1) is 11.6. The Bertz CT molecular complexity index is 687. The van der Waals surface area contributed by atoms with Gasteiger partial charge in [0.25, 0.3) is 5.91 Å². The van der Waals surface area contributed by atoms with E-state index in [9.17, 15) is 9.90 Å². The summed E-state index contributed by atoms with van der Waals surface area (Å²) in [4.78, 5) is 21.2. The van der Waals surface area contributed by atoms with Crippen LogP contribution < -0.4 is 0 Å². The lowest BCUT2D eigenvalue weighted by Gasteiger charge is -2.22. The minimum Gasteiger partial charge on any atom is -0.394 e. The molecule has 0 aliphatic carbocycles. The van der Waals surface area contributed by atoms with Gasteiger partial charge in [-0.2, -0.15) is 0 Å². The van der Waals surface area contributed by atoms with Crippen LogP contribution >= 0.6 is 11.3 Å². The fraction of sp³-hybridized carbons (Fsp3) is 0.444. The topological polar surface area (TPSA) is 56.7 Å². The van der Waals surface area contributed by atoms with Crippen molar-refractivity contribution in [2.24, 2.45) is 0 Å². The number of aliphatic hydroxyl groups excluding tert-OH is 1. The van der Waals surface area contributed by atoms with Gasteiger partial charge in [0.05, 0.1) is 17.7 Å². The van der Waals surface area contributed by atoms with Crippen LogP contribution in [-0.2, 0) is 6.42 Å². The molecule has 2 atom stereocenters. The van der Waals surface area contributed by atoms with Gasteiger partial charge in [-0.05, 0) is 26.1 Å². The number of aliphatic hydroxyl groups is 1. The highest BCUT2D eigenvalue weighted by Gasteiger charge is 2.36. The maximum absolute atomic E-state index is 12.8. The van der Waals surface area contributed by atoms with Gasteiger partial charge in [-0.1, -0.05) is 30.3 Å². The number of nitrogens with zero attached hydrogens (tertiary/aromatic N) is 3. The van der Waals surface area contributed by atoms with Crippen molar-refractivity contribution >= 4 is 17.2 Å². The maximum Gasteiger partial charge on any atom is 0.273 e. The monoisotopic (exact) mass is 345 g/mol. The summed E-state index contributed by atoms with van der Waals surface area (Å²) in [7, 11) is 4.02. The van der Waals surface area contributed by atoms with Crippen LogP contribution in [0.2, 0.25) is 0 Å². The number of carbonyl (C=O) groups excluding carboxylic acids is 1. The number of benzene rings is 1. The van der Waals surface area contributed by atoms with E-state index < -0.39 is 0 Å². The molecule has 1 N–H and O–H groups in total. The Hall–Kier alpha value is -1.76. The highest BCUT2D eigenvalue weighted by molar-refractivity contribution is 7.09. The third kappa shape index (κ3) is 3.66. The van der Waals surface area contributed by atoms with Crippen molar-refractivity contribution in [1.29, 1.82) is 0 Å². The molecular formula is C18H23N3O2S. The molecule has 0 spiro atoms. The van der Waals surface area contributed by atoms with Crippen molar-refractivity contribution in [1.82, 2.24) is 14.8 Å². The molecule has 1 aliphatic rings. The predicted octanol–water partition coefficient (Wildman–Crippen LogP) is 1.87. The normalized spacial score (nSPS) is 20.8. The molecule has 2 heterocycles. The zero-order chi connectivity index (χ0) is 17.1. The number of rotatable bonds is 5. The molecule has 1 aromatic heterocycles. The molecule has 6 heteroatoms. The summed E-state index contributed by atoms with van der Waals surface area (Å²) in [5.41, 5.74) is 1.68. The van der Waals surface area contributed by atoms with Crippen molar-refractivity contribution in [3.63, 3.8) is 0 Å². The average Bonchev–Trinajstić information content (AvgIpc) is 3.22. The second kappa shape index (κ2) is 7.42. The Balaban J connectivity index is 1.71. The number of amides is 1. The molecule has 5 nitrogen and oxygen atoms in total. The Morgan fingerprint density at radius 1 is 1.38 bits per heavy atom. The molecule has 0 bridgehead atoms. The minimum atomic E-state index is -0.121. The number of aromatic nitrogens is 1. The quantitative estimate of drug-likeness (QED) is 0.899. The Labute approximate surface area is 146 Å². The number of likely N-dealkylation sites (N-methyl/N-ethyl adjacent to an activating group) is 1. The highest BCUT2D eigenvalue weighted by atomic mass is 32.1. The summed E-state index contributed by atoms with van der Waals surface area (Å²) in [6.07, 6.45) is 1.54. The fourth-order valence-corrected chi connectivity index (χ4v) is 3.90. The van der Waals surface area contributed by atoms with Crippen LogP contribution in [0, 0.1) is 0 Å². The maximum atomic E-state index is 12.8. The van der Waals surface area contributed by atoms with Crippen LogP contribution in [0.15, 0.2) is 35.7 Å². The Kier molecular flexibility index (Phi) is 5.28. The summed E-state index contributed by atoms with van der Waals surface area (Å²) in [5, 5.41) is 12.4. The minimum absolute atomic E-state index is 0.00289. The van der Waals surface area contributed by atoms with Crippen LogP contribution in [0.1, 0.15) is 27.5 Å². The number of hydrogen-bond donors (Lipinski definition) is 1. The molecule has 1 saturated heterocycles. The second-order valence-electron chi connectivity index (χ2n) is 6.44. The van der Waals surface area contributed by atoms with Gasteiger partial charge in [-0.15, -0.1) is 11.3 Å². The van der Waals surface area contributed by atoms with Gasteiger partial charge in [0.1, 0.15) is 5.69 Å². The summed E-state index contributed by atoms with van der Waals surface area (Å²) < 4.78 is 0. The summed E-state index contributed by atoms with van der Waals surface area (Å²) in [6, 6.07) is 10.3. The molecule has 1 aromatic carbocycles. The summed E-state index contributed by atoms with van der Waals surface area (Å²) in [5.74, 6) is -0.0750. The van der Waals surface area contributed by atoms with Crippen molar-refractivity contribution in [2.45, 2.75) is 24.9 Å². The van der Waals surface area contributed by atoms with E-state index in [-0.39, 0.29) is 24.6 Å². The van der Waals surface area contributed by atoms with E-state index in [0.717, 1.165) is 17.8 Å². The fourth-order valence-electron chi connectivity index (χ4n) is 3.10. The molecule has 0 unspecified atom stereocenters. The molecule has 1 aliphatic heterocycles. The molecule has 1 fully saturated rings. The van der Waals surface area contributed by atoms with Crippen LogP contribution in [0.25, 0.3) is 0 Å². The van der Waals surface area contributed by atoms with Gasteiger partial charge >= 0.3 is 0 Å². The average molecular weight is 345 g/mol.